The minimum Gasteiger partial charge on any atom is -0.370 e. The molecule has 4 heteroatoms. The Morgan fingerprint density at radius 2 is 1.94 bits per heavy atom. The molecule has 0 saturated heterocycles. The lowest BCUT2D eigenvalue weighted by Crippen LogP contribution is -2.33. The van der Waals surface area contributed by atoms with Crippen molar-refractivity contribution in [1.82, 2.24) is 5.32 Å². The second-order valence-electron chi connectivity index (χ2n) is 5.04. The highest BCUT2D eigenvalue weighted by Crippen LogP contribution is 2.48. The Kier molecular flexibility index (Phi) is 9.00. The summed E-state index contributed by atoms with van der Waals surface area (Å²) in [5.74, 6) is 0.635. The second-order valence-corrected chi connectivity index (χ2v) is 5.04. The van der Waals surface area contributed by atoms with Gasteiger partial charge in [0.05, 0.1) is 0 Å². The van der Waals surface area contributed by atoms with E-state index in [1.165, 1.54) is 44.9 Å². The number of halogens is 1. The van der Waals surface area contributed by atoms with Crippen LogP contribution in [0.1, 0.15) is 58.8 Å². The standard InChI is InChI=1S/C13H27N3.HI/c1-3-5-6-7-10-15-12(14)16-11-13(4-2)8-9-13;/h3-11H2,1-2H3,(H3,14,15,16);1H. The van der Waals surface area contributed by atoms with E-state index < -0.39 is 0 Å². The van der Waals surface area contributed by atoms with Crippen molar-refractivity contribution in [3.63, 3.8) is 0 Å². The highest BCUT2D eigenvalue weighted by Gasteiger charge is 2.40. The first-order valence-electron chi connectivity index (χ1n) is 6.76. The summed E-state index contributed by atoms with van der Waals surface area (Å²) in [7, 11) is 0. The summed E-state index contributed by atoms with van der Waals surface area (Å²) in [5, 5.41) is 3.19. The molecule has 3 N–H and O–H groups in total. The Morgan fingerprint density at radius 3 is 2.47 bits per heavy atom. The Labute approximate surface area is 123 Å². The van der Waals surface area contributed by atoms with Crippen molar-refractivity contribution in [3.05, 3.63) is 0 Å². The summed E-state index contributed by atoms with van der Waals surface area (Å²) < 4.78 is 0. The van der Waals surface area contributed by atoms with E-state index in [0.29, 0.717) is 11.4 Å². The SMILES string of the molecule is CCCCCCNC(N)=NCC1(CC)CC1.I. The quantitative estimate of drug-likeness (QED) is 0.305. The van der Waals surface area contributed by atoms with Crippen molar-refractivity contribution >= 4 is 29.9 Å². The maximum Gasteiger partial charge on any atom is 0.188 e. The third-order valence-corrected chi connectivity index (χ3v) is 3.63. The third-order valence-electron chi connectivity index (χ3n) is 3.63. The molecule has 0 radical (unpaired) electrons. The molecule has 1 fully saturated rings. The van der Waals surface area contributed by atoms with Gasteiger partial charge in [-0.2, -0.15) is 0 Å². The molecule has 0 spiro atoms. The zero-order chi connectivity index (χ0) is 11.9. The van der Waals surface area contributed by atoms with Crippen LogP contribution in [0.3, 0.4) is 0 Å². The Bertz CT molecular complexity index is 225. The van der Waals surface area contributed by atoms with Crippen LogP contribution in [0.4, 0.5) is 0 Å². The summed E-state index contributed by atoms with van der Waals surface area (Å²) >= 11 is 0. The number of nitrogens with one attached hydrogen (secondary N) is 1. The smallest absolute Gasteiger partial charge is 0.188 e. The molecule has 17 heavy (non-hydrogen) atoms. The highest BCUT2D eigenvalue weighted by atomic mass is 127. The lowest BCUT2D eigenvalue weighted by Gasteiger charge is -2.10. The molecule has 0 unspecified atom stereocenters. The largest absolute Gasteiger partial charge is 0.370 e. The van der Waals surface area contributed by atoms with Crippen LogP contribution in [0.5, 0.6) is 0 Å². The molecule has 1 rings (SSSR count). The van der Waals surface area contributed by atoms with Crippen LogP contribution in [-0.2, 0) is 0 Å². The molecule has 0 aromatic carbocycles. The predicted molar refractivity (Wildman–Crippen MR) is 86.0 cm³/mol. The van der Waals surface area contributed by atoms with Gasteiger partial charge in [0.15, 0.2) is 5.96 Å². The minimum atomic E-state index is 0. The lowest BCUT2D eigenvalue weighted by molar-refractivity contribution is 0.505. The van der Waals surface area contributed by atoms with Crippen LogP contribution in [0.25, 0.3) is 0 Å². The van der Waals surface area contributed by atoms with E-state index in [0.717, 1.165) is 13.1 Å². The van der Waals surface area contributed by atoms with Crippen molar-refractivity contribution in [3.8, 4) is 0 Å². The Hall–Kier alpha value is 0. The Morgan fingerprint density at radius 1 is 1.24 bits per heavy atom. The predicted octanol–water partition coefficient (Wildman–Crippen LogP) is 3.28. The monoisotopic (exact) mass is 353 g/mol. The lowest BCUT2D eigenvalue weighted by atomic mass is 10.1. The van der Waals surface area contributed by atoms with Crippen LogP contribution >= 0.6 is 24.0 Å². The van der Waals surface area contributed by atoms with Gasteiger partial charge in [-0.1, -0.05) is 33.1 Å². The number of hydrogen-bond acceptors (Lipinski definition) is 1. The number of hydrogen-bond donors (Lipinski definition) is 2. The molecule has 0 bridgehead atoms. The summed E-state index contributed by atoms with van der Waals surface area (Å²) in [6, 6.07) is 0. The van der Waals surface area contributed by atoms with E-state index in [1.807, 2.05) is 0 Å². The van der Waals surface area contributed by atoms with E-state index in [9.17, 15) is 0 Å². The van der Waals surface area contributed by atoms with Crippen molar-refractivity contribution in [2.45, 2.75) is 58.8 Å². The molecule has 0 aromatic rings. The van der Waals surface area contributed by atoms with Gasteiger partial charge in [-0.05, 0) is 31.1 Å². The third kappa shape index (κ3) is 7.11. The van der Waals surface area contributed by atoms with Gasteiger partial charge < -0.3 is 11.1 Å². The zero-order valence-corrected chi connectivity index (χ0v) is 13.6. The maximum absolute atomic E-state index is 5.82. The fourth-order valence-corrected chi connectivity index (χ4v) is 1.88. The molecule has 0 atom stereocenters. The topological polar surface area (TPSA) is 50.4 Å². The van der Waals surface area contributed by atoms with Gasteiger partial charge in [0.2, 0.25) is 0 Å². The van der Waals surface area contributed by atoms with Crippen molar-refractivity contribution in [2.75, 3.05) is 13.1 Å². The summed E-state index contributed by atoms with van der Waals surface area (Å²) in [6.45, 7) is 6.35. The first kappa shape index (κ1) is 17.0. The van der Waals surface area contributed by atoms with Gasteiger partial charge in [-0.15, -0.1) is 24.0 Å². The maximum atomic E-state index is 5.82. The highest BCUT2D eigenvalue weighted by molar-refractivity contribution is 14.0. The molecule has 0 heterocycles. The summed E-state index contributed by atoms with van der Waals surface area (Å²) in [5.41, 5.74) is 6.33. The van der Waals surface area contributed by atoms with Crippen molar-refractivity contribution in [2.24, 2.45) is 16.1 Å². The van der Waals surface area contributed by atoms with Crippen LogP contribution < -0.4 is 11.1 Å². The number of rotatable bonds is 8. The van der Waals surface area contributed by atoms with Gasteiger partial charge in [0, 0.05) is 13.1 Å². The van der Waals surface area contributed by atoms with Crippen molar-refractivity contribution < 1.29 is 0 Å². The van der Waals surface area contributed by atoms with Crippen LogP contribution in [0.15, 0.2) is 4.99 Å². The molecule has 0 aromatic heterocycles. The first-order chi connectivity index (χ1) is 7.72. The average Bonchev–Trinajstić information content (AvgIpc) is 3.07. The number of nitrogens with two attached hydrogens (primary N) is 1. The molecule has 102 valence electrons. The molecule has 0 aliphatic heterocycles. The van der Waals surface area contributed by atoms with Gasteiger partial charge in [0.1, 0.15) is 0 Å². The Balaban J connectivity index is 0.00000256. The summed E-state index contributed by atoms with van der Waals surface area (Å²) in [4.78, 5) is 4.43. The molecule has 3 nitrogen and oxygen atoms in total. The molecular weight excluding hydrogens is 325 g/mol. The van der Waals surface area contributed by atoms with Gasteiger partial charge >= 0.3 is 0 Å². The van der Waals surface area contributed by atoms with Gasteiger partial charge in [0.25, 0.3) is 0 Å². The van der Waals surface area contributed by atoms with E-state index >= 15 is 0 Å². The van der Waals surface area contributed by atoms with Gasteiger partial charge in [-0.25, -0.2) is 0 Å². The van der Waals surface area contributed by atoms with E-state index in [4.69, 9.17) is 5.73 Å². The van der Waals surface area contributed by atoms with Crippen LogP contribution in [0, 0.1) is 5.41 Å². The van der Waals surface area contributed by atoms with Crippen LogP contribution in [0.2, 0.25) is 0 Å². The van der Waals surface area contributed by atoms with E-state index in [2.05, 4.69) is 24.2 Å². The molecule has 1 aliphatic carbocycles. The second kappa shape index (κ2) is 9.00. The molecular formula is C13H28IN3. The summed E-state index contributed by atoms with van der Waals surface area (Å²) in [6.07, 6.45) is 8.98. The van der Waals surface area contributed by atoms with Crippen molar-refractivity contribution in [1.29, 1.82) is 0 Å². The zero-order valence-electron chi connectivity index (χ0n) is 11.3. The average molecular weight is 353 g/mol. The fourth-order valence-electron chi connectivity index (χ4n) is 1.88. The minimum absolute atomic E-state index is 0. The number of guanidine groups is 1. The van der Waals surface area contributed by atoms with E-state index in [1.54, 1.807) is 0 Å². The van der Waals surface area contributed by atoms with E-state index in [-0.39, 0.29) is 24.0 Å². The normalized spacial score (nSPS) is 17.4. The first-order valence-corrected chi connectivity index (χ1v) is 6.76. The fraction of sp³-hybridized carbons (Fsp3) is 0.923. The molecule has 1 aliphatic rings. The number of nitrogens with zero attached hydrogens (tertiary/aromatic N) is 1. The molecule has 1 saturated carbocycles. The number of unbranched alkanes of at least 4 members (excludes halogenated alkanes) is 3. The molecule has 0 amide bonds. The number of aliphatic imine (C=N–C) groups is 1. The van der Waals surface area contributed by atoms with Crippen LogP contribution in [-0.4, -0.2) is 19.0 Å². The van der Waals surface area contributed by atoms with Gasteiger partial charge in [-0.3, -0.25) is 4.99 Å².